The number of alkyl halides is 3. The molecule has 31 heavy (non-hydrogen) atoms. The lowest BCUT2D eigenvalue weighted by molar-refractivity contribution is -0.142. The van der Waals surface area contributed by atoms with Gasteiger partial charge in [0.1, 0.15) is 5.56 Å². The van der Waals surface area contributed by atoms with Gasteiger partial charge in [-0.3, -0.25) is 4.79 Å². The lowest BCUT2D eigenvalue weighted by atomic mass is 10.1. The Morgan fingerprint density at radius 2 is 1.74 bits per heavy atom. The fourth-order valence-electron chi connectivity index (χ4n) is 3.11. The van der Waals surface area contributed by atoms with Crippen LogP contribution in [0.5, 0.6) is 0 Å². The maximum atomic E-state index is 13.7. The summed E-state index contributed by atoms with van der Waals surface area (Å²) in [5, 5.41) is 6.50. The number of fused-ring (bicyclic) bond motifs is 1. The van der Waals surface area contributed by atoms with Crippen LogP contribution in [0.1, 0.15) is 27.2 Å². The Bertz CT molecular complexity index is 1300. The molecule has 0 spiro atoms. The van der Waals surface area contributed by atoms with E-state index in [2.05, 4.69) is 31.3 Å². The van der Waals surface area contributed by atoms with E-state index in [0.29, 0.717) is 15.8 Å². The van der Waals surface area contributed by atoms with Gasteiger partial charge in [0.25, 0.3) is 5.91 Å². The lowest BCUT2D eigenvalue weighted by Crippen LogP contribution is -2.16. The number of aromatic nitrogens is 3. The van der Waals surface area contributed by atoms with E-state index in [0.717, 1.165) is 27.9 Å². The number of anilines is 1. The van der Waals surface area contributed by atoms with Crippen LogP contribution < -0.4 is 5.32 Å². The van der Waals surface area contributed by atoms with E-state index in [1.54, 1.807) is 36.4 Å². The minimum absolute atomic E-state index is 0.0531. The summed E-state index contributed by atoms with van der Waals surface area (Å²) >= 11 is 3.30. The Hall–Kier alpha value is -3.20. The molecular formula is C22H16BrF3N4O. The Morgan fingerprint density at radius 3 is 2.39 bits per heavy atom. The quantitative estimate of drug-likeness (QED) is 0.382. The highest BCUT2D eigenvalue weighted by Gasteiger charge is 2.36. The van der Waals surface area contributed by atoms with Crippen molar-refractivity contribution in [2.45, 2.75) is 20.0 Å². The second-order valence-electron chi connectivity index (χ2n) is 7.08. The number of rotatable bonds is 3. The number of carbonyl (C=O) groups is 1. The molecule has 0 fully saturated rings. The summed E-state index contributed by atoms with van der Waals surface area (Å²) < 4.78 is 42.6. The second kappa shape index (κ2) is 7.81. The van der Waals surface area contributed by atoms with E-state index >= 15 is 0 Å². The van der Waals surface area contributed by atoms with Gasteiger partial charge in [-0.05, 0) is 55.3 Å². The minimum Gasteiger partial charge on any atom is -0.322 e. The van der Waals surface area contributed by atoms with Gasteiger partial charge in [0.05, 0.1) is 11.9 Å². The number of halogens is 4. The predicted octanol–water partition coefficient (Wildman–Crippen LogP) is 6.05. The van der Waals surface area contributed by atoms with Gasteiger partial charge >= 0.3 is 6.18 Å². The van der Waals surface area contributed by atoms with Crippen molar-refractivity contribution in [1.29, 1.82) is 0 Å². The van der Waals surface area contributed by atoms with Crippen molar-refractivity contribution in [3.05, 3.63) is 81.6 Å². The van der Waals surface area contributed by atoms with E-state index in [9.17, 15) is 18.0 Å². The molecule has 4 aromatic rings. The number of amides is 1. The second-order valence-corrected chi connectivity index (χ2v) is 7.99. The van der Waals surface area contributed by atoms with Crippen molar-refractivity contribution < 1.29 is 18.0 Å². The van der Waals surface area contributed by atoms with Crippen molar-refractivity contribution in [1.82, 2.24) is 14.6 Å². The Morgan fingerprint density at radius 1 is 1.03 bits per heavy atom. The zero-order valence-electron chi connectivity index (χ0n) is 16.5. The molecule has 2 aromatic carbocycles. The van der Waals surface area contributed by atoms with Gasteiger partial charge in [-0.25, -0.2) is 9.50 Å². The molecule has 2 heterocycles. The normalized spacial score (nSPS) is 11.7. The molecule has 4 rings (SSSR count). The number of nitrogens with zero attached hydrogens (tertiary/aromatic N) is 3. The van der Waals surface area contributed by atoms with Gasteiger partial charge in [-0.1, -0.05) is 34.1 Å². The number of nitrogens with one attached hydrogen (secondary N) is 1. The number of carbonyl (C=O) groups excluding carboxylic acids is 1. The standard InChI is InChI=1S/C22H16BrF3N4O/c1-12-3-8-16(9-13(12)2)28-21(31)17-11-27-30-19(22(24,25)26)10-18(29-20(17)30)14-4-6-15(23)7-5-14/h3-11H,1-2H3,(H,28,31). The number of hydrogen-bond donors (Lipinski definition) is 1. The SMILES string of the molecule is Cc1ccc(NC(=O)c2cnn3c(C(F)(F)F)cc(-c4ccc(Br)cc4)nc23)cc1C. The first-order valence-corrected chi connectivity index (χ1v) is 10.0. The van der Waals surface area contributed by atoms with Crippen LogP contribution in [0.15, 0.2) is 59.2 Å². The molecule has 0 unspecified atom stereocenters. The average Bonchev–Trinajstić information content (AvgIpc) is 3.14. The average molecular weight is 489 g/mol. The van der Waals surface area contributed by atoms with Crippen LogP contribution in [-0.4, -0.2) is 20.5 Å². The van der Waals surface area contributed by atoms with Crippen LogP contribution in [0.2, 0.25) is 0 Å². The van der Waals surface area contributed by atoms with E-state index in [1.807, 2.05) is 19.9 Å². The van der Waals surface area contributed by atoms with E-state index in [1.165, 1.54) is 0 Å². The van der Waals surface area contributed by atoms with Crippen molar-refractivity contribution in [2.24, 2.45) is 0 Å². The Balaban J connectivity index is 1.82. The van der Waals surface area contributed by atoms with Gasteiger partial charge < -0.3 is 5.32 Å². The fourth-order valence-corrected chi connectivity index (χ4v) is 3.38. The van der Waals surface area contributed by atoms with Gasteiger partial charge in [0.2, 0.25) is 0 Å². The summed E-state index contributed by atoms with van der Waals surface area (Å²) in [5.74, 6) is -0.591. The monoisotopic (exact) mass is 488 g/mol. The summed E-state index contributed by atoms with van der Waals surface area (Å²) in [6, 6.07) is 13.0. The molecule has 0 saturated carbocycles. The molecule has 0 radical (unpaired) electrons. The maximum Gasteiger partial charge on any atom is 0.433 e. The molecule has 0 aliphatic rings. The molecule has 158 valence electrons. The van der Waals surface area contributed by atoms with Crippen LogP contribution in [-0.2, 0) is 6.18 Å². The zero-order chi connectivity index (χ0) is 22.3. The third-order valence-electron chi connectivity index (χ3n) is 4.91. The first-order valence-electron chi connectivity index (χ1n) is 9.24. The third-order valence-corrected chi connectivity index (χ3v) is 5.44. The summed E-state index contributed by atoms with van der Waals surface area (Å²) in [5.41, 5.74) is 1.91. The Labute approximate surface area is 184 Å². The van der Waals surface area contributed by atoms with Gasteiger partial charge in [-0.2, -0.15) is 18.3 Å². The molecule has 5 nitrogen and oxygen atoms in total. The highest BCUT2D eigenvalue weighted by Crippen LogP contribution is 2.33. The molecule has 0 saturated heterocycles. The summed E-state index contributed by atoms with van der Waals surface area (Å²) in [6.45, 7) is 3.85. The maximum absolute atomic E-state index is 13.7. The summed E-state index contributed by atoms with van der Waals surface area (Å²) in [7, 11) is 0. The first-order chi connectivity index (χ1) is 14.6. The van der Waals surface area contributed by atoms with Crippen LogP contribution >= 0.6 is 15.9 Å². The highest BCUT2D eigenvalue weighted by molar-refractivity contribution is 9.10. The minimum atomic E-state index is -4.68. The van der Waals surface area contributed by atoms with Crippen LogP contribution in [0.4, 0.5) is 18.9 Å². The van der Waals surface area contributed by atoms with Gasteiger partial charge in [0.15, 0.2) is 11.3 Å². The highest BCUT2D eigenvalue weighted by atomic mass is 79.9. The van der Waals surface area contributed by atoms with Crippen molar-refractivity contribution in [3.63, 3.8) is 0 Å². The molecule has 1 N–H and O–H groups in total. The number of hydrogen-bond acceptors (Lipinski definition) is 3. The molecule has 0 aliphatic heterocycles. The predicted molar refractivity (Wildman–Crippen MR) is 115 cm³/mol. The first kappa shape index (κ1) is 21.0. The third kappa shape index (κ3) is 4.18. The molecule has 9 heteroatoms. The number of aryl methyl sites for hydroxylation is 2. The topological polar surface area (TPSA) is 59.3 Å². The smallest absolute Gasteiger partial charge is 0.322 e. The summed E-state index contributed by atoms with van der Waals surface area (Å²) in [4.78, 5) is 17.2. The largest absolute Gasteiger partial charge is 0.433 e. The molecule has 0 atom stereocenters. The van der Waals surface area contributed by atoms with Gasteiger partial charge in [-0.15, -0.1) is 0 Å². The zero-order valence-corrected chi connectivity index (χ0v) is 18.0. The fraction of sp³-hybridized carbons (Fsp3) is 0.136. The van der Waals surface area contributed by atoms with Crippen LogP contribution in [0.3, 0.4) is 0 Å². The van der Waals surface area contributed by atoms with Gasteiger partial charge in [0, 0.05) is 15.7 Å². The van der Waals surface area contributed by atoms with Crippen LogP contribution in [0, 0.1) is 13.8 Å². The summed E-state index contributed by atoms with van der Waals surface area (Å²) in [6.07, 6.45) is -3.58. The molecule has 0 aliphatic carbocycles. The van der Waals surface area contributed by atoms with E-state index < -0.39 is 17.8 Å². The van der Waals surface area contributed by atoms with E-state index in [-0.39, 0.29) is 16.9 Å². The van der Waals surface area contributed by atoms with Crippen molar-refractivity contribution in [2.75, 3.05) is 5.32 Å². The molecule has 1 amide bonds. The Kier molecular flexibility index (Phi) is 5.30. The van der Waals surface area contributed by atoms with E-state index in [4.69, 9.17) is 0 Å². The van der Waals surface area contributed by atoms with Crippen LogP contribution in [0.25, 0.3) is 16.9 Å². The molecular weight excluding hydrogens is 473 g/mol. The van der Waals surface area contributed by atoms with Crippen molar-refractivity contribution in [3.8, 4) is 11.3 Å². The molecule has 0 bridgehead atoms. The number of benzene rings is 2. The molecule has 2 aromatic heterocycles. The van der Waals surface area contributed by atoms with Crippen molar-refractivity contribution >= 4 is 33.2 Å². The lowest BCUT2D eigenvalue weighted by Gasteiger charge is -2.12.